The summed E-state index contributed by atoms with van der Waals surface area (Å²) >= 11 is 5.84. The van der Waals surface area contributed by atoms with E-state index in [9.17, 15) is 14.7 Å². The molecule has 0 unspecified atom stereocenters. The topological polar surface area (TPSA) is 103 Å². The first-order valence-corrected chi connectivity index (χ1v) is 8.74. The number of urea groups is 1. The van der Waals surface area contributed by atoms with Crippen molar-refractivity contribution in [1.82, 2.24) is 10.7 Å². The van der Waals surface area contributed by atoms with Crippen LogP contribution in [0.4, 0.5) is 10.5 Å². The summed E-state index contributed by atoms with van der Waals surface area (Å²) in [7, 11) is 0. The number of amides is 3. The Morgan fingerprint density at radius 1 is 1.07 bits per heavy atom. The Balaban J connectivity index is 1.53. The number of phenolic OH excluding ortho intramolecular Hbond substituents is 1. The summed E-state index contributed by atoms with van der Waals surface area (Å²) in [5.41, 5.74) is 3.31. The van der Waals surface area contributed by atoms with Gasteiger partial charge in [-0.15, -0.1) is 0 Å². The quantitative estimate of drug-likeness (QED) is 0.392. The maximum atomic E-state index is 11.8. The second kappa shape index (κ2) is 8.88. The molecular weight excluding hydrogens is 380 g/mol. The van der Waals surface area contributed by atoms with Crippen LogP contribution in [0.3, 0.4) is 0 Å². The number of fused-ring (bicyclic) bond motifs is 1. The molecule has 0 aliphatic heterocycles. The number of anilines is 1. The first-order chi connectivity index (χ1) is 13.5. The zero-order chi connectivity index (χ0) is 19.9. The van der Waals surface area contributed by atoms with E-state index in [0.29, 0.717) is 16.3 Å². The van der Waals surface area contributed by atoms with Crippen LogP contribution in [0.2, 0.25) is 5.02 Å². The molecule has 3 rings (SSSR count). The number of hydrogen-bond donors (Lipinski definition) is 4. The number of benzene rings is 3. The molecule has 142 valence electrons. The van der Waals surface area contributed by atoms with E-state index < -0.39 is 11.9 Å². The van der Waals surface area contributed by atoms with Crippen LogP contribution in [0.25, 0.3) is 10.8 Å². The highest BCUT2D eigenvalue weighted by molar-refractivity contribution is 6.30. The molecule has 3 aromatic carbocycles. The Hall–Kier alpha value is -3.58. The monoisotopic (exact) mass is 396 g/mol. The lowest BCUT2D eigenvalue weighted by atomic mass is 10.0. The van der Waals surface area contributed by atoms with Crippen LogP contribution >= 0.6 is 11.6 Å². The summed E-state index contributed by atoms with van der Waals surface area (Å²) in [6.45, 7) is -0.273. The van der Waals surface area contributed by atoms with Crippen molar-refractivity contribution in [2.45, 2.75) is 0 Å². The molecule has 0 spiro atoms. The minimum Gasteiger partial charge on any atom is -0.507 e. The highest BCUT2D eigenvalue weighted by Gasteiger charge is 2.07. The summed E-state index contributed by atoms with van der Waals surface area (Å²) in [5.74, 6) is -0.465. The predicted molar refractivity (Wildman–Crippen MR) is 110 cm³/mol. The third kappa shape index (κ3) is 4.99. The summed E-state index contributed by atoms with van der Waals surface area (Å²) in [4.78, 5) is 23.6. The minimum absolute atomic E-state index is 0.0516. The molecule has 7 nitrogen and oxygen atoms in total. The highest BCUT2D eigenvalue weighted by Crippen LogP contribution is 2.25. The third-order valence-corrected chi connectivity index (χ3v) is 4.06. The molecule has 3 amide bonds. The average molecular weight is 397 g/mol. The molecule has 3 aromatic rings. The van der Waals surface area contributed by atoms with Gasteiger partial charge in [-0.3, -0.25) is 4.79 Å². The van der Waals surface area contributed by atoms with Crippen LogP contribution in [-0.4, -0.2) is 29.8 Å². The fourth-order valence-corrected chi connectivity index (χ4v) is 2.72. The molecule has 28 heavy (non-hydrogen) atoms. The normalized spacial score (nSPS) is 10.8. The van der Waals surface area contributed by atoms with Crippen molar-refractivity contribution in [1.29, 1.82) is 0 Å². The number of halogens is 1. The first kappa shape index (κ1) is 19.2. The van der Waals surface area contributed by atoms with Gasteiger partial charge in [0.1, 0.15) is 12.3 Å². The van der Waals surface area contributed by atoms with E-state index in [-0.39, 0.29) is 12.3 Å². The Kier molecular flexibility index (Phi) is 6.08. The molecule has 0 heterocycles. The fraction of sp³-hybridized carbons (Fsp3) is 0.0500. The lowest BCUT2D eigenvalue weighted by Crippen LogP contribution is -2.37. The summed E-state index contributed by atoms with van der Waals surface area (Å²) in [5, 5.41) is 21.1. The second-order valence-corrected chi connectivity index (χ2v) is 6.27. The van der Waals surface area contributed by atoms with Gasteiger partial charge in [0.15, 0.2) is 0 Å². The van der Waals surface area contributed by atoms with Gasteiger partial charge >= 0.3 is 6.03 Å². The van der Waals surface area contributed by atoms with E-state index in [1.165, 1.54) is 6.21 Å². The molecular formula is C20H17ClN4O3. The van der Waals surface area contributed by atoms with Gasteiger partial charge in [0.25, 0.3) is 5.91 Å². The van der Waals surface area contributed by atoms with Crippen LogP contribution < -0.4 is 16.1 Å². The molecule has 4 N–H and O–H groups in total. The van der Waals surface area contributed by atoms with Crippen molar-refractivity contribution in [2.24, 2.45) is 5.10 Å². The number of carbonyl (C=O) groups excluding carboxylic acids is 2. The second-order valence-electron chi connectivity index (χ2n) is 5.83. The average Bonchev–Trinajstić information content (AvgIpc) is 2.68. The van der Waals surface area contributed by atoms with Gasteiger partial charge < -0.3 is 15.7 Å². The molecule has 0 fully saturated rings. The van der Waals surface area contributed by atoms with Crippen molar-refractivity contribution in [3.63, 3.8) is 0 Å². The van der Waals surface area contributed by atoms with E-state index in [2.05, 4.69) is 21.2 Å². The van der Waals surface area contributed by atoms with Gasteiger partial charge in [0, 0.05) is 16.3 Å². The molecule has 0 saturated heterocycles. The number of carbonyl (C=O) groups is 2. The van der Waals surface area contributed by atoms with Gasteiger partial charge in [-0.05, 0) is 35.0 Å². The highest BCUT2D eigenvalue weighted by atomic mass is 35.5. The Labute approximate surface area is 166 Å². The number of phenols is 1. The predicted octanol–water partition coefficient (Wildman–Crippen LogP) is 3.47. The van der Waals surface area contributed by atoms with Crippen molar-refractivity contribution in [3.8, 4) is 5.75 Å². The van der Waals surface area contributed by atoms with Crippen molar-refractivity contribution >= 4 is 46.2 Å². The van der Waals surface area contributed by atoms with E-state index in [4.69, 9.17) is 11.6 Å². The lowest BCUT2D eigenvalue weighted by molar-refractivity contribution is -0.120. The van der Waals surface area contributed by atoms with Gasteiger partial charge in [-0.1, -0.05) is 48.0 Å². The Morgan fingerprint density at radius 3 is 2.71 bits per heavy atom. The molecule has 0 aliphatic rings. The number of nitrogens with one attached hydrogen (secondary N) is 3. The zero-order valence-electron chi connectivity index (χ0n) is 14.6. The van der Waals surface area contributed by atoms with E-state index in [1.807, 2.05) is 24.3 Å². The standard InChI is InChI=1S/C20H17ClN4O3/c21-14-5-3-6-15(10-14)24-20(28)22-12-19(27)25-23-11-17-16-7-2-1-4-13(16)8-9-18(17)26/h1-11,26H,12H2,(H,25,27)(H2,22,24,28). The molecule has 0 aliphatic carbocycles. The SMILES string of the molecule is O=C(CNC(=O)Nc1cccc(Cl)c1)NN=Cc1c(O)ccc2ccccc12. The van der Waals surface area contributed by atoms with Gasteiger partial charge in [-0.25, -0.2) is 10.2 Å². The van der Waals surface area contributed by atoms with E-state index in [0.717, 1.165) is 10.8 Å². The summed E-state index contributed by atoms with van der Waals surface area (Å²) < 4.78 is 0. The van der Waals surface area contributed by atoms with Crippen LogP contribution in [0, 0.1) is 0 Å². The summed E-state index contributed by atoms with van der Waals surface area (Å²) in [6.07, 6.45) is 1.36. The lowest BCUT2D eigenvalue weighted by Gasteiger charge is -2.07. The smallest absolute Gasteiger partial charge is 0.319 e. The molecule has 8 heteroatoms. The van der Waals surface area contributed by atoms with Gasteiger partial charge in [0.2, 0.25) is 0 Å². The van der Waals surface area contributed by atoms with Crippen LogP contribution in [0.5, 0.6) is 5.75 Å². The number of aromatic hydroxyl groups is 1. The van der Waals surface area contributed by atoms with E-state index in [1.54, 1.807) is 36.4 Å². The zero-order valence-corrected chi connectivity index (χ0v) is 15.4. The summed E-state index contributed by atoms with van der Waals surface area (Å²) in [6, 6.07) is 16.9. The third-order valence-electron chi connectivity index (χ3n) is 3.82. The molecule has 0 aromatic heterocycles. The Morgan fingerprint density at radius 2 is 1.89 bits per heavy atom. The van der Waals surface area contributed by atoms with Crippen LogP contribution in [-0.2, 0) is 4.79 Å². The number of hydrogen-bond acceptors (Lipinski definition) is 4. The van der Waals surface area contributed by atoms with Gasteiger partial charge in [0.05, 0.1) is 6.21 Å². The molecule has 0 bridgehead atoms. The van der Waals surface area contributed by atoms with Crippen molar-refractivity contribution in [2.75, 3.05) is 11.9 Å². The van der Waals surface area contributed by atoms with E-state index >= 15 is 0 Å². The minimum atomic E-state index is -0.548. The van der Waals surface area contributed by atoms with Crippen LogP contribution in [0.1, 0.15) is 5.56 Å². The number of hydrazone groups is 1. The number of rotatable bonds is 5. The largest absolute Gasteiger partial charge is 0.507 e. The fourth-order valence-electron chi connectivity index (χ4n) is 2.53. The molecule has 0 saturated carbocycles. The van der Waals surface area contributed by atoms with Crippen molar-refractivity contribution < 1.29 is 14.7 Å². The van der Waals surface area contributed by atoms with Crippen LogP contribution in [0.15, 0.2) is 65.8 Å². The first-order valence-electron chi connectivity index (χ1n) is 8.36. The molecule has 0 atom stereocenters. The van der Waals surface area contributed by atoms with Crippen molar-refractivity contribution in [3.05, 3.63) is 71.2 Å². The maximum absolute atomic E-state index is 11.8. The maximum Gasteiger partial charge on any atom is 0.319 e. The number of nitrogens with zero attached hydrogens (tertiary/aromatic N) is 1. The Bertz CT molecular complexity index is 1050. The molecule has 0 radical (unpaired) electrons. The van der Waals surface area contributed by atoms with Gasteiger partial charge in [-0.2, -0.15) is 5.10 Å².